The third kappa shape index (κ3) is 2.68. The molecule has 0 saturated carbocycles. The molecule has 0 bridgehead atoms. The van der Waals surface area contributed by atoms with Gasteiger partial charge in [-0.15, -0.1) is 0 Å². The fourth-order valence-corrected chi connectivity index (χ4v) is 2.86. The predicted octanol–water partition coefficient (Wildman–Crippen LogP) is 1.40. The molecule has 1 aromatic rings. The molecule has 2 rings (SSSR count). The van der Waals surface area contributed by atoms with Crippen LogP contribution in [0, 0.1) is 0 Å². The number of hydrogen-bond acceptors (Lipinski definition) is 4. The van der Waals surface area contributed by atoms with Gasteiger partial charge in [0.1, 0.15) is 5.82 Å². The van der Waals surface area contributed by atoms with E-state index in [1.807, 2.05) is 12.4 Å². The van der Waals surface area contributed by atoms with Crippen molar-refractivity contribution in [1.29, 1.82) is 0 Å². The first kappa shape index (κ1) is 14.5. The summed E-state index contributed by atoms with van der Waals surface area (Å²) >= 11 is 0. The Morgan fingerprint density at radius 3 is 2.68 bits per heavy atom. The highest BCUT2D eigenvalue weighted by Gasteiger charge is 2.39. The second-order valence-electron chi connectivity index (χ2n) is 5.36. The van der Waals surface area contributed by atoms with Crippen molar-refractivity contribution in [3.63, 3.8) is 0 Å². The summed E-state index contributed by atoms with van der Waals surface area (Å²) in [4.78, 5) is 6.93. The summed E-state index contributed by atoms with van der Waals surface area (Å²) in [6.07, 6.45) is 4.85. The maximum absolute atomic E-state index is 6.57. The van der Waals surface area contributed by atoms with Crippen LogP contribution in [-0.2, 0) is 11.3 Å². The molecular weight excluding hydrogens is 240 g/mol. The van der Waals surface area contributed by atoms with Gasteiger partial charge in [0.05, 0.1) is 19.3 Å². The largest absolute Gasteiger partial charge is 0.379 e. The van der Waals surface area contributed by atoms with Crippen molar-refractivity contribution >= 4 is 0 Å². The zero-order valence-electron chi connectivity index (χ0n) is 12.3. The van der Waals surface area contributed by atoms with E-state index in [4.69, 9.17) is 10.5 Å². The summed E-state index contributed by atoms with van der Waals surface area (Å²) in [7, 11) is 0. The van der Waals surface area contributed by atoms with Crippen molar-refractivity contribution in [2.24, 2.45) is 5.73 Å². The minimum absolute atomic E-state index is 0.0674. The van der Waals surface area contributed by atoms with E-state index < -0.39 is 0 Å². The number of ether oxygens (including phenoxy) is 1. The number of morpholine rings is 1. The van der Waals surface area contributed by atoms with Gasteiger partial charge in [0.15, 0.2) is 0 Å². The van der Waals surface area contributed by atoms with Crippen molar-refractivity contribution in [3.05, 3.63) is 18.2 Å². The van der Waals surface area contributed by atoms with E-state index in [1.165, 1.54) is 0 Å². The Morgan fingerprint density at radius 2 is 2.11 bits per heavy atom. The van der Waals surface area contributed by atoms with E-state index in [0.717, 1.165) is 45.1 Å². The van der Waals surface area contributed by atoms with Gasteiger partial charge in [-0.25, -0.2) is 4.98 Å². The van der Waals surface area contributed by atoms with Gasteiger partial charge in [0.2, 0.25) is 0 Å². The summed E-state index contributed by atoms with van der Waals surface area (Å²) < 4.78 is 7.59. The van der Waals surface area contributed by atoms with E-state index >= 15 is 0 Å². The highest BCUT2D eigenvalue weighted by molar-refractivity contribution is 5.08. The van der Waals surface area contributed by atoms with Crippen molar-refractivity contribution in [2.45, 2.75) is 45.3 Å². The molecule has 2 N–H and O–H groups in total. The van der Waals surface area contributed by atoms with Gasteiger partial charge in [-0.3, -0.25) is 4.90 Å². The summed E-state index contributed by atoms with van der Waals surface area (Å²) in [5.41, 5.74) is 6.50. The molecule has 1 saturated heterocycles. The van der Waals surface area contributed by atoms with Crippen molar-refractivity contribution in [3.8, 4) is 0 Å². The van der Waals surface area contributed by atoms with Crippen molar-refractivity contribution < 1.29 is 4.74 Å². The molecule has 1 aliphatic rings. The Labute approximate surface area is 115 Å². The molecule has 1 aliphatic heterocycles. The third-order valence-corrected chi connectivity index (χ3v) is 4.49. The van der Waals surface area contributed by atoms with Crippen molar-refractivity contribution in [2.75, 3.05) is 26.3 Å². The van der Waals surface area contributed by atoms with Crippen LogP contribution in [0.2, 0.25) is 0 Å². The van der Waals surface area contributed by atoms with Crippen molar-refractivity contribution in [1.82, 2.24) is 14.5 Å². The van der Waals surface area contributed by atoms with Crippen LogP contribution in [0.4, 0.5) is 0 Å². The lowest BCUT2D eigenvalue weighted by Crippen LogP contribution is -2.57. The molecule has 2 heterocycles. The molecule has 5 nitrogen and oxygen atoms in total. The Kier molecular flexibility index (Phi) is 4.60. The van der Waals surface area contributed by atoms with E-state index in [-0.39, 0.29) is 11.6 Å². The first-order chi connectivity index (χ1) is 9.13. The summed E-state index contributed by atoms with van der Waals surface area (Å²) in [5, 5.41) is 0. The number of rotatable bonds is 5. The van der Waals surface area contributed by atoms with Gasteiger partial charge in [-0.2, -0.15) is 0 Å². The molecular formula is C14H26N4O. The second-order valence-corrected chi connectivity index (χ2v) is 5.36. The van der Waals surface area contributed by atoms with Crippen LogP contribution in [0.3, 0.4) is 0 Å². The first-order valence-electron chi connectivity index (χ1n) is 7.23. The summed E-state index contributed by atoms with van der Waals surface area (Å²) in [5.74, 6) is 0.985. The van der Waals surface area contributed by atoms with E-state index in [1.54, 1.807) is 0 Å². The lowest BCUT2D eigenvalue weighted by molar-refractivity contribution is -0.0291. The Balaban J connectivity index is 2.24. The molecule has 108 valence electrons. The molecule has 1 fully saturated rings. The maximum Gasteiger partial charge on any atom is 0.127 e. The third-order valence-electron chi connectivity index (χ3n) is 4.49. The lowest BCUT2D eigenvalue weighted by atomic mass is 9.86. The van der Waals surface area contributed by atoms with Crippen LogP contribution in [0.1, 0.15) is 39.1 Å². The molecule has 1 aromatic heterocycles. The second kappa shape index (κ2) is 6.03. The van der Waals surface area contributed by atoms with Gasteiger partial charge in [-0.05, 0) is 20.3 Å². The molecule has 2 unspecified atom stereocenters. The minimum Gasteiger partial charge on any atom is -0.379 e. The predicted molar refractivity (Wildman–Crippen MR) is 75.9 cm³/mol. The molecule has 5 heteroatoms. The number of nitrogens with two attached hydrogens (primary N) is 1. The molecule has 0 amide bonds. The zero-order chi connectivity index (χ0) is 13.9. The smallest absolute Gasteiger partial charge is 0.127 e. The normalized spacial score (nSPS) is 22.1. The maximum atomic E-state index is 6.57. The highest BCUT2D eigenvalue weighted by Crippen LogP contribution is 2.32. The quantitative estimate of drug-likeness (QED) is 0.875. The number of nitrogens with zero attached hydrogens (tertiary/aromatic N) is 3. The monoisotopic (exact) mass is 266 g/mol. The van der Waals surface area contributed by atoms with Crippen LogP contribution in [0.5, 0.6) is 0 Å². The van der Waals surface area contributed by atoms with Gasteiger partial charge in [0.25, 0.3) is 0 Å². The lowest BCUT2D eigenvalue weighted by Gasteiger charge is -2.46. The van der Waals surface area contributed by atoms with Crippen LogP contribution >= 0.6 is 0 Å². The van der Waals surface area contributed by atoms with Gasteiger partial charge >= 0.3 is 0 Å². The first-order valence-corrected chi connectivity index (χ1v) is 7.23. The van der Waals surface area contributed by atoms with E-state index in [9.17, 15) is 0 Å². The van der Waals surface area contributed by atoms with Gasteiger partial charge in [-0.1, -0.05) is 6.92 Å². The fourth-order valence-electron chi connectivity index (χ4n) is 2.86. The average molecular weight is 266 g/mol. The summed E-state index contributed by atoms with van der Waals surface area (Å²) in [6, 6.07) is -0.0782. The Morgan fingerprint density at radius 1 is 1.42 bits per heavy atom. The standard InChI is InChI=1S/C14H26N4O/c1-4-14(3,18-8-10-19-11-9-18)12(15)13-16-6-7-17(13)5-2/h6-7,12H,4-5,8-11,15H2,1-3H3. The number of aryl methyl sites for hydroxylation is 1. The number of hydrogen-bond donors (Lipinski definition) is 1. The topological polar surface area (TPSA) is 56.3 Å². The van der Waals surface area contributed by atoms with E-state index in [2.05, 4.69) is 35.2 Å². The van der Waals surface area contributed by atoms with Gasteiger partial charge < -0.3 is 15.0 Å². The van der Waals surface area contributed by atoms with Gasteiger partial charge in [0, 0.05) is 37.6 Å². The van der Waals surface area contributed by atoms with E-state index in [0.29, 0.717) is 0 Å². The van der Waals surface area contributed by atoms with Crippen LogP contribution in [0.15, 0.2) is 12.4 Å². The highest BCUT2D eigenvalue weighted by atomic mass is 16.5. The Hall–Kier alpha value is -0.910. The molecule has 0 spiro atoms. The molecule has 0 radical (unpaired) electrons. The van der Waals surface area contributed by atoms with Crippen LogP contribution in [-0.4, -0.2) is 46.3 Å². The molecule has 0 aromatic carbocycles. The Bertz CT molecular complexity index is 400. The SMILES string of the molecule is CCn1ccnc1C(N)C(C)(CC)N1CCOCC1. The zero-order valence-corrected chi connectivity index (χ0v) is 12.3. The summed E-state index contributed by atoms with van der Waals surface area (Å²) in [6.45, 7) is 11.0. The molecule has 2 atom stereocenters. The number of imidazole rings is 1. The molecule has 0 aliphatic carbocycles. The van der Waals surface area contributed by atoms with Crippen LogP contribution in [0.25, 0.3) is 0 Å². The fraction of sp³-hybridized carbons (Fsp3) is 0.786. The average Bonchev–Trinajstić information content (AvgIpc) is 2.94. The minimum atomic E-state index is -0.0782. The number of aromatic nitrogens is 2. The molecule has 19 heavy (non-hydrogen) atoms. The van der Waals surface area contributed by atoms with Crippen LogP contribution < -0.4 is 5.73 Å².